The molecule has 0 fully saturated rings. The number of hydrogen-bond donors (Lipinski definition) is 1. The molecular weight excluding hydrogens is 343 g/mol. The fourth-order valence-electron chi connectivity index (χ4n) is 2.32. The predicted octanol–water partition coefficient (Wildman–Crippen LogP) is 3.53. The van der Waals surface area contributed by atoms with Gasteiger partial charge in [-0.25, -0.2) is 4.39 Å². The van der Waals surface area contributed by atoms with E-state index in [0.29, 0.717) is 24.7 Å². The molecule has 0 spiro atoms. The maximum absolute atomic E-state index is 12.9. The van der Waals surface area contributed by atoms with Crippen LogP contribution in [0.5, 0.6) is 0 Å². The summed E-state index contributed by atoms with van der Waals surface area (Å²) in [5.74, 6) is -0.620. The monoisotopic (exact) mass is 362 g/mol. The first-order valence-electron chi connectivity index (χ1n) is 7.96. The molecule has 0 atom stereocenters. The van der Waals surface area contributed by atoms with E-state index in [-0.39, 0.29) is 24.1 Å². The van der Waals surface area contributed by atoms with Crippen molar-refractivity contribution >= 4 is 23.4 Å². The van der Waals surface area contributed by atoms with Crippen LogP contribution in [0.25, 0.3) is 0 Å². The van der Waals surface area contributed by atoms with Crippen molar-refractivity contribution in [2.75, 3.05) is 6.54 Å². The van der Waals surface area contributed by atoms with Crippen molar-refractivity contribution < 1.29 is 14.0 Å². The second-order valence-electron chi connectivity index (χ2n) is 5.69. The summed E-state index contributed by atoms with van der Waals surface area (Å²) in [5.41, 5.74) is 1.65. The predicted molar refractivity (Wildman–Crippen MR) is 95.4 cm³/mol. The number of nitrogens with one attached hydrogen (secondary N) is 1. The van der Waals surface area contributed by atoms with Gasteiger partial charge in [-0.2, -0.15) is 0 Å². The molecule has 0 aromatic heterocycles. The Hall–Kier alpha value is -2.40. The maximum atomic E-state index is 12.9. The summed E-state index contributed by atoms with van der Waals surface area (Å²) in [4.78, 5) is 25.3. The summed E-state index contributed by atoms with van der Waals surface area (Å²) >= 11 is 6.05. The smallest absolute Gasteiger partial charge is 0.222 e. The molecule has 0 aliphatic rings. The van der Waals surface area contributed by atoms with E-state index in [2.05, 4.69) is 5.32 Å². The van der Waals surface area contributed by atoms with Crippen LogP contribution in [-0.4, -0.2) is 23.3 Å². The quantitative estimate of drug-likeness (QED) is 0.819. The number of nitrogens with zero attached hydrogens (tertiary/aromatic N) is 1. The molecule has 132 valence electrons. The van der Waals surface area contributed by atoms with Crippen LogP contribution in [0.2, 0.25) is 5.02 Å². The average molecular weight is 363 g/mol. The Morgan fingerprint density at radius 1 is 1.12 bits per heavy atom. The molecule has 2 rings (SSSR count). The van der Waals surface area contributed by atoms with Gasteiger partial charge < -0.3 is 10.2 Å². The number of hydrogen-bond acceptors (Lipinski definition) is 2. The second kappa shape index (κ2) is 9.18. The molecule has 2 aromatic carbocycles. The Labute approximate surface area is 151 Å². The zero-order chi connectivity index (χ0) is 18.2. The lowest BCUT2D eigenvalue weighted by molar-refractivity contribution is -0.130. The summed E-state index contributed by atoms with van der Waals surface area (Å²) in [6, 6.07) is 13.3. The van der Waals surface area contributed by atoms with Crippen LogP contribution in [0.15, 0.2) is 48.5 Å². The van der Waals surface area contributed by atoms with Crippen LogP contribution in [0, 0.1) is 5.82 Å². The van der Waals surface area contributed by atoms with Crippen molar-refractivity contribution in [1.29, 1.82) is 0 Å². The molecule has 0 aliphatic heterocycles. The molecule has 25 heavy (non-hydrogen) atoms. The van der Waals surface area contributed by atoms with E-state index in [1.54, 1.807) is 23.1 Å². The minimum atomic E-state index is -0.322. The van der Waals surface area contributed by atoms with Gasteiger partial charge in [0.1, 0.15) is 5.82 Å². The summed E-state index contributed by atoms with van der Waals surface area (Å²) in [5, 5.41) is 3.40. The first-order chi connectivity index (χ1) is 12.0. The zero-order valence-electron chi connectivity index (χ0n) is 14.0. The van der Waals surface area contributed by atoms with E-state index < -0.39 is 0 Å². The number of carbonyl (C=O) groups is 2. The highest BCUT2D eigenvalue weighted by molar-refractivity contribution is 6.31. The van der Waals surface area contributed by atoms with Crippen LogP contribution in [-0.2, 0) is 22.7 Å². The molecule has 0 heterocycles. The Morgan fingerprint density at radius 3 is 2.44 bits per heavy atom. The number of amides is 2. The van der Waals surface area contributed by atoms with Crippen molar-refractivity contribution in [2.45, 2.75) is 26.4 Å². The molecule has 0 bridgehead atoms. The van der Waals surface area contributed by atoms with E-state index in [1.807, 2.05) is 18.2 Å². The third-order valence-electron chi connectivity index (χ3n) is 3.77. The van der Waals surface area contributed by atoms with Gasteiger partial charge in [0.25, 0.3) is 0 Å². The van der Waals surface area contributed by atoms with Crippen LogP contribution in [0.4, 0.5) is 4.39 Å². The van der Waals surface area contributed by atoms with E-state index in [1.165, 1.54) is 19.1 Å². The molecule has 0 aliphatic carbocycles. The number of carbonyl (C=O) groups excluding carboxylic acids is 2. The summed E-state index contributed by atoms with van der Waals surface area (Å²) in [6.07, 6.45) is 0.186. The first kappa shape index (κ1) is 18.9. The Kier molecular flexibility index (Phi) is 6.95. The first-order valence-corrected chi connectivity index (χ1v) is 8.33. The highest BCUT2D eigenvalue weighted by atomic mass is 35.5. The minimum Gasteiger partial charge on any atom is -0.352 e. The SMILES string of the molecule is CC(=O)N(CCC(=O)NCc1ccccc1Cl)Cc1ccc(F)cc1. The molecule has 4 nitrogen and oxygen atoms in total. The van der Waals surface area contributed by atoms with Gasteiger partial charge in [0.05, 0.1) is 0 Å². The molecule has 0 radical (unpaired) electrons. The molecule has 2 aromatic rings. The highest BCUT2D eigenvalue weighted by Crippen LogP contribution is 2.14. The largest absolute Gasteiger partial charge is 0.352 e. The van der Waals surface area contributed by atoms with Gasteiger partial charge in [0, 0.05) is 38.0 Å². The normalized spacial score (nSPS) is 10.4. The zero-order valence-corrected chi connectivity index (χ0v) is 14.7. The van der Waals surface area contributed by atoms with Crippen molar-refractivity contribution in [3.8, 4) is 0 Å². The third-order valence-corrected chi connectivity index (χ3v) is 4.14. The summed E-state index contributed by atoms with van der Waals surface area (Å²) in [7, 11) is 0. The number of benzene rings is 2. The number of halogens is 2. The number of rotatable bonds is 7. The third kappa shape index (κ3) is 6.19. The standard InChI is InChI=1S/C19H20ClFN2O2/c1-14(24)23(13-15-6-8-17(21)9-7-15)11-10-19(25)22-12-16-4-2-3-5-18(16)20/h2-9H,10-13H2,1H3,(H,22,25). The lowest BCUT2D eigenvalue weighted by Gasteiger charge is -2.21. The van der Waals surface area contributed by atoms with Crippen LogP contribution < -0.4 is 5.32 Å². The molecule has 6 heteroatoms. The lowest BCUT2D eigenvalue weighted by atomic mass is 10.2. The summed E-state index contributed by atoms with van der Waals surface area (Å²) in [6.45, 7) is 2.43. The van der Waals surface area contributed by atoms with E-state index >= 15 is 0 Å². The molecule has 0 unspecified atom stereocenters. The van der Waals surface area contributed by atoms with Crippen LogP contribution >= 0.6 is 11.6 Å². The van der Waals surface area contributed by atoms with Gasteiger partial charge in [0.2, 0.25) is 11.8 Å². The van der Waals surface area contributed by atoms with Crippen molar-refractivity contribution in [3.63, 3.8) is 0 Å². The van der Waals surface area contributed by atoms with Crippen LogP contribution in [0.1, 0.15) is 24.5 Å². The maximum Gasteiger partial charge on any atom is 0.222 e. The van der Waals surface area contributed by atoms with Crippen molar-refractivity contribution in [2.24, 2.45) is 0 Å². The Morgan fingerprint density at radius 2 is 1.80 bits per heavy atom. The minimum absolute atomic E-state index is 0.136. The van der Waals surface area contributed by atoms with Gasteiger partial charge in [-0.1, -0.05) is 41.9 Å². The molecule has 0 saturated heterocycles. The second-order valence-corrected chi connectivity index (χ2v) is 6.09. The van der Waals surface area contributed by atoms with Crippen LogP contribution in [0.3, 0.4) is 0 Å². The molecule has 1 N–H and O–H groups in total. The van der Waals surface area contributed by atoms with Gasteiger partial charge in [-0.05, 0) is 29.3 Å². The lowest BCUT2D eigenvalue weighted by Crippen LogP contribution is -2.33. The Balaban J connectivity index is 1.83. The molecule has 0 saturated carbocycles. The molecular formula is C19H20ClFN2O2. The van der Waals surface area contributed by atoms with Crippen molar-refractivity contribution in [3.05, 3.63) is 70.5 Å². The average Bonchev–Trinajstić information content (AvgIpc) is 2.59. The molecule has 2 amide bonds. The van der Waals surface area contributed by atoms with Gasteiger partial charge in [-0.15, -0.1) is 0 Å². The van der Waals surface area contributed by atoms with Gasteiger partial charge in [-0.3, -0.25) is 9.59 Å². The van der Waals surface area contributed by atoms with Gasteiger partial charge in [0.15, 0.2) is 0 Å². The topological polar surface area (TPSA) is 49.4 Å². The van der Waals surface area contributed by atoms with E-state index in [9.17, 15) is 14.0 Å². The fraction of sp³-hybridized carbons (Fsp3) is 0.263. The van der Waals surface area contributed by atoms with E-state index in [0.717, 1.165) is 11.1 Å². The highest BCUT2D eigenvalue weighted by Gasteiger charge is 2.12. The Bertz CT molecular complexity index is 734. The fourth-order valence-corrected chi connectivity index (χ4v) is 2.52. The summed E-state index contributed by atoms with van der Waals surface area (Å²) < 4.78 is 12.9. The van der Waals surface area contributed by atoms with E-state index in [4.69, 9.17) is 11.6 Å². The van der Waals surface area contributed by atoms with Crippen molar-refractivity contribution in [1.82, 2.24) is 10.2 Å². The van der Waals surface area contributed by atoms with Gasteiger partial charge >= 0.3 is 0 Å².